The Labute approximate surface area is 199 Å². The third-order valence-corrected chi connectivity index (χ3v) is 7.86. The standard InChI is InChI=1S/C24H29N5O2S2/c1-2-3-14-21-28-22-23(17-10-4-5-11-18(17)27-24(22)25)29(21)16-9-8-15-26-33(30,31)20-13-7-6-12-19(20)32/h4-7,10-11,13,26H,2-3,8-9,12,14-16H2,1H3,(H2,25,27). The summed E-state index contributed by atoms with van der Waals surface area (Å²) in [5.74, 6) is 1.44. The quantitative estimate of drug-likeness (QED) is 0.327. The number of nitrogens with two attached hydrogens (primary N) is 1. The Kier molecular flexibility index (Phi) is 7.21. The molecular formula is C24H29N5O2S2. The fourth-order valence-electron chi connectivity index (χ4n) is 4.11. The van der Waals surface area contributed by atoms with E-state index >= 15 is 0 Å². The number of nitrogen functional groups attached to an aromatic ring is 1. The molecule has 174 valence electrons. The predicted octanol–water partition coefficient (Wildman–Crippen LogP) is 4.42. The van der Waals surface area contributed by atoms with Gasteiger partial charge in [-0.25, -0.2) is 23.1 Å². The molecule has 4 rings (SSSR count). The monoisotopic (exact) mass is 483 g/mol. The molecule has 3 aromatic rings. The summed E-state index contributed by atoms with van der Waals surface area (Å²) < 4.78 is 30.1. The molecule has 0 unspecified atom stereocenters. The van der Waals surface area contributed by atoms with Crippen molar-refractivity contribution in [1.29, 1.82) is 0 Å². The predicted molar refractivity (Wildman–Crippen MR) is 139 cm³/mol. The number of para-hydroxylation sites is 1. The van der Waals surface area contributed by atoms with Gasteiger partial charge < -0.3 is 10.3 Å². The van der Waals surface area contributed by atoms with Gasteiger partial charge in [-0.15, -0.1) is 0 Å². The lowest BCUT2D eigenvalue weighted by molar-refractivity contribution is 0.566. The van der Waals surface area contributed by atoms with E-state index in [4.69, 9.17) is 22.9 Å². The molecule has 1 aliphatic carbocycles. The highest BCUT2D eigenvalue weighted by Crippen LogP contribution is 2.29. The largest absolute Gasteiger partial charge is 0.382 e. The number of imidazole rings is 1. The summed E-state index contributed by atoms with van der Waals surface area (Å²) in [5, 5.41) is 1.03. The number of fused-ring (bicyclic) bond motifs is 3. The minimum absolute atomic E-state index is 0.205. The van der Waals surface area contributed by atoms with Gasteiger partial charge in [0.15, 0.2) is 5.82 Å². The number of hydrogen-bond acceptors (Lipinski definition) is 6. The van der Waals surface area contributed by atoms with Crippen LogP contribution in [0.25, 0.3) is 21.9 Å². The van der Waals surface area contributed by atoms with Crippen LogP contribution in [0.5, 0.6) is 0 Å². The summed E-state index contributed by atoms with van der Waals surface area (Å²) in [7, 11) is -3.58. The van der Waals surface area contributed by atoms with E-state index in [9.17, 15) is 8.42 Å². The van der Waals surface area contributed by atoms with E-state index in [2.05, 4.69) is 27.3 Å². The summed E-state index contributed by atoms with van der Waals surface area (Å²) in [5.41, 5.74) is 8.86. The minimum atomic E-state index is -3.58. The number of hydrogen-bond donors (Lipinski definition) is 2. The van der Waals surface area contributed by atoms with Crippen LogP contribution in [0.15, 0.2) is 47.4 Å². The summed E-state index contributed by atoms with van der Waals surface area (Å²) in [4.78, 5) is 10.0. The molecule has 2 heterocycles. The van der Waals surface area contributed by atoms with Crippen molar-refractivity contribution in [2.45, 2.75) is 52.0 Å². The van der Waals surface area contributed by atoms with E-state index in [0.29, 0.717) is 30.1 Å². The van der Waals surface area contributed by atoms with E-state index in [1.54, 1.807) is 12.2 Å². The SMILES string of the molecule is CCCCc1nc2c(N)nc3ccccc3c2n1CCCCNS(=O)(=O)C1=CC=CCC1=S. The zero-order valence-corrected chi connectivity index (χ0v) is 20.4. The fraction of sp³-hybridized carbons (Fsp3) is 0.375. The van der Waals surface area contributed by atoms with Crippen molar-refractivity contribution >= 4 is 54.9 Å². The van der Waals surface area contributed by atoms with E-state index in [1.807, 2.05) is 24.3 Å². The van der Waals surface area contributed by atoms with Crippen molar-refractivity contribution in [2.24, 2.45) is 0 Å². The number of aryl methyl sites for hydroxylation is 2. The maximum atomic E-state index is 12.6. The molecule has 33 heavy (non-hydrogen) atoms. The Bertz CT molecular complexity index is 1360. The molecule has 9 heteroatoms. The lowest BCUT2D eigenvalue weighted by Gasteiger charge is -2.13. The highest BCUT2D eigenvalue weighted by molar-refractivity contribution is 7.96. The number of sulfonamides is 1. The Morgan fingerprint density at radius 2 is 2.00 bits per heavy atom. The first-order chi connectivity index (χ1) is 15.9. The molecule has 0 atom stereocenters. The van der Waals surface area contributed by atoms with E-state index in [1.165, 1.54) is 0 Å². The Morgan fingerprint density at radius 1 is 1.18 bits per heavy atom. The van der Waals surface area contributed by atoms with Crippen molar-refractivity contribution in [3.8, 4) is 0 Å². The van der Waals surface area contributed by atoms with Gasteiger partial charge in [-0.3, -0.25) is 0 Å². The smallest absolute Gasteiger partial charge is 0.241 e. The van der Waals surface area contributed by atoms with Crippen LogP contribution in [0.4, 0.5) is 5.82 Å². The molecule has 3 N–H and O–H groups in total. The first-order valence-corrected chi connectivity index (χ1v) is 13.2. The number of pyridine rings is 1. The maximum absolute atomic E-state index is 12.6. The molecule has 0 fully saturated rings. The van der Waals surface area contributed by atoms with Crippen molar-refractivity contribution in [3.05, 3.63) is 53.2 Å². The zero-order chi connectivity index (χ0) is 23.4. The first-order valence-electron chi connectivity index (χ1n) is 11.4. The molecule has 0 radical (unpaired) electrons. The van der Waals surface area contributed by atoms with Gasteiger partial charge in [0.2, 0.25) is 10.0 Å². The van der Waals surface area contributed by atoms with Crippen LogP contribution < -0.4 is 10.5 Å². The number of aromatic nitrogens is 3. The van der Waals surface area contributed by atoms with Crippen LogP contribution >= 0.6 is 12.2 Å². The van der Waals surface area contributed by atoms with E-state index in [0.717, 1.165) is 60.0 Å². The van der Waals surface area contributed by atoms with Gasteiger partial charge in [-0.1, -0.05) is 55.9 Å². The van der Waals surface area contributed by atoms with E-state index in [-0.39, 0.29) is 4.91 Å². The van der Waals surface area contributed by atoms with Gasteiger partial charge >= 0.3 is 0 Å². The third kappa shape index (κ3) is 5.00. The average molecular weight is 484 g/mol. The Balaban J connectivity index is 1.51. The molecule has 0 spiro atoms. The van der Waals surface area contributed by atoms with Gasteiger partial charge in [0.05, 0.1) is 15.9 Å². The van der Waals surface area contributed by atoms with E-state index < -0.39 is 10.0 Å². The molecule has 0 saturated carbocycles. The Hall–Kier alpha value is -2.62. The minimum Gasteiger partial charge on any atom is -0.382 e. The summed E-state index contributed by atoms with van der Waals surface area (Å²) in [6.07, 6.45) is 10.1. The van der Waals surface area contributed by atoms with Gasteiger partial charge in [0, 0.05) is 36.2 Å². The highest BCUT2D eigenvalue weighted by Gasteiger charge is 2.21. The molecule has 1 aromatic carbocycles. The molecule has 0 aliphatic heterocycles. The second kappa shape index (κ2) is 10.1. The Morgan fingerprint density at radius 3 is 2.79 bits per heavy atom. The van der Waals surface area contributed by atoms with Crippen molar-refractivity contribution < 1.29 is 8.42 Å². The third-order valence-electron chi connectivity index (χ3n) is 5.80. The van der Waals surface area contributed by atoms with Gasteiger partial charge in [0.1, 0.15) is 11.3 Å². The van der Waals surface area contributed by atoms with Crippen LogP contribution in [0, 0.1) is 0 Å². The normalized spacial score (nSPS) is 14.3. The molecule has 0 amide bonds. The van der Waals surface area contributed by atoms with Crippen LogP contribution in [0.1, 0.15) is 44.9 Å². The second-order valence-corrected chi connectivity index (χ2v) is 10.4. The van der Waals surface area contributed by atoms with Gasteiger partial charge in [-0.05, 0) is 31.4 Å². The summed E-state index contributed by atoms with van der Waals surface area (Å²) in [6.45, 7) is 3.25. The number of anilines is 1. The van der Waals surface area contributed by atoms with Crippen LogP contribution in [0.2, 0.25) is 0 Å². The van der Waals surface area contributed by atoms with Crippen LogP contribution in [0.3, 0.4) is 0 Å². The number of allylic oxidation sites excluding steroid dienone is 4. The van der Waals surface area contributed by atoms with Gasteiger partial charge in [0.25, 0.3) is 0 Å². The number of thiocarbonyl (C=S) groups is 1. The number of rotatable bonds is 10. The molecule has 0 bridgehead atoms. The number of nitrogens with one attached hydrogen (secondary N) is 1. The molecular weight excluding hydrogens is 454 g/mol. The molecule has 7 nitrogen and oxygen atoms in total. The summed E-state index contributed by atoms with van der Waals surface area (Å²) in [6, 6.07) is 7.96. The number of benzene rings is 1. The maximum Gasteiger partial charge on any atom is 0.241 e. The molecule has 1 aliphatic rings. The highest BCUT2D eigenvalue weighted by atomic mass is 32.2. The second-order valence-electron chi connectivity index (χ2n) is 8.19. The number of unbranched alkanes of at least 4 members (excludes halogenated alkanes) is 2. The first kappa shape index (κ1) is 23.5. The summed E-state index contributed by atoms with van der Waals surface area (Å²) >= 11 is 5.21. The average Bonchev–Trinajstić information content (AvgIpc) is 3.17. The molecule has 2 aromatic heterocycles. The van der Waals surface area contributed by atoms with Crippen molar-refractivity contribution in [1.82, 2.24) is 19.3 Å². The topological polar surface area (TPSA) is 103 Å². The zero-order valence-electron chi connectivity index (χ0n) is 18.8. The van der Waals surface area contributed by atoms with Gasteiger partial charge in [-0.2, -0.15) is 0 Å². The lowest BCUT2D eigenvalue weighted by Crippen LogP contribution is -2.29. The van der Waals surface area contributed by atoms with Crippen LogP contribution in [-0.2, 0) is 23.0 Å². The fourth-order valence-corrected chi connectivity index (χ4v) is 5.82. The number of nitrogens with zero attached hydrogens (tertiary/aromatic N) is 3. The molecule has 0 saturated heterocycles. The lowest BCUT2D eigenvalue weighted by atomic mass is 10.2. The van der Waals surface area contributed by atoms with Crippen molar-refractivity contribution in [2.75, 3.05) is 12.3 Å². The van der Waals surface area contributed by atoms with Crippen LogP contribution in [-0.4, -0.2) is 34.4 Å². The van der Waals surface area contributed by atoms with Crippen molar-refractivity contribution in [3.63, 3.8) is 0 Å².